The second kappa shape index (κ2) is 5.10. The number of hydrogen-bond acceptors (Lipinski definition) is 2. The molecule has 0 bridgehead atoms. The van der Waals surface area contributed by atoms with E-state index >= 15 is 0 Å². The summed E-state index contributed by atoms with van der Waals surface area (Å²) in [5.74, 6) is 0.325. The van der Waals surface area contributed by atoms with Gasteiger partial charge in [0, 0.05) is 11.6 Å². The lowest BCUT2D eigenvalue weighted by Crippen LogP contribution is -2.30. The van der Waals surface area contributed by atoms with Gasteiger partial charge < -0.3 is 9.32 Å². The van der Waals surface area contributed by atoms with Crippen LogP contribution in [0.3, 0.4) is 0 Å². The third-order valence-electron chi connectivity index (χ3n) is 3.51. The van der Waals surface area contributed by atoms with Gasteiger partial charge in [-0.25, -0.2) is 0 Å². The molecule has 0 radical (unpaired) electrons. The second-order valence-corrected chi connectivity index (χ2v) is 5.06. The summed E-state index contributed by atoms with van der Waals surface area (Å²) in [6.45, 7) is 0.745. The average molecular weight is 276 g/mol. The Morgan fingerprint density at radius 3 is 2.84 bits per heavy atom. The van der Waals surface area contributed by atoms with E-state index in [1.54, 1.807) is 12.1 Å². The fourth-order valence-electron chi connectivity index (χ4n) is 2.62. The van der Waals surface area contributed by atoms with Gasteiger partial charge in [-0.2, -0.15) is 0 Å². The molecule has 1 aliphatic rings. The normalized spacial score (nSPS) is 18.8. The van der Waals surface area contributed by atoms with Crippen LogP contribution in [-0.2, 0) is 0 Å². The minimum Gasteiger partial charge on any atom is -0.459 e. The van der Waals surface area contributed by atoms with Crippen molar-refractivity contribution in [3.05, 3.63) is 59.0 Å². The number of likely N-dealkylation sites (tertiary alicyclic amines) is 1. The van der Waals surface area contributed by atoms with Crippen LogP contribution in [0.5, 0.6) is 0 Å². The molecular formula is C15H14ClNO2. The molecule has 3 nitrogen and oxygen atoms in total. The summed E-state index contributed by atoms with van der Waals surface area (Å²) in [7, 11) is 0. The van der Waals surface area contributed by atoms with Crippen LogP contribution in [0, 0.1) is 0 Å². The molecule has 0 unspecified atom stereocenters. The number of halogens is 1. The van der Waals surface area contributed by atoms with Gasteiger partial charge in [-0.1, -0.05) is 29.8 Å². The quantitative estimate of drug-likeness (QED) is 0.832. The van der Waals surface area contributed by atoms with Gasteiger partial charge in [0.15, 0.2) is 5.76 Å². The topological polar surface area (TPSA) is 33.5 Å². The standard InChI is InChI=1S/C15H14ClNO2/c16-12-6-2-1-5-11(12)13-7-3-9-17(13)15(18)14-8-4-10-19-14/h1-2,4-6,8,10,13H,3,7,9H2/t13-/m0/s1. The van der Waals surface area contributed by atoms with Gasteiger partial charge in [0.1, 0.15) is 0 Å². The summed E-state index contributed by atoms with van der Waals surface area (Å²) in [5.41, 5.74) is 1.02. The molecule has 1 atom stereocenters. The first-order chi connectivity index (χ1) is 9.27. The van der Waals surface area contributed by atoms with Gasteiger partial charge >= 0.3 is 0 Å². The highest BCUT2D eigenvalue weighted by atomic mass is 35.5. The van der Waals surface area contributed by atoms with Gasteiger partial charge in [0.25, 0.3) is 5.91 Å². The largest absolute Gasteiger partial charge is 0.459 e. The highest BCUT2D eigenvalue weighted by Crippen LogP contribution is 2.36. The molecule has 0 N–H and O–H groups in total. The maximum absolute atomic E-state index is 12.4. The van der Waals surface area contributed by atoms with Crippen molar-refractivity contribution < 1.29 is 9.21 Å². The number of hydrogen-bond donors (Lipinski definition) is 0. The summed E-state index contributed by atoms with van der Waals surface area (Å²) in [6, 6.07) is 11.2. The van der Waals surface area contributed by atoms with Gasteiger partial charge in [-0.15, -0.1) is 0 Å². The highest BCUT2D eigenvalue weighted by Gasteiger charge is 2.32. The van der Waals surface area contributed by atoms with Gasteiger partial charge in [-0.05, 0) is 36.6 Å². The van der Waals surface area contributed by atoms with Crippen LogP contribution in [0.4, 0.5) is 0 Å². The van der Waals surface area contributed by atoms with Gasteiger partial charge in [0.05, 0.1) is 12.3 Å². The van der Waals surface area contributed by atoms with Crippen LogP contribution in [-0.4, -0.2) is 17.4 Å². The first-order valence-electron chi connectivity index (χ1n) is 6.36. The molecule has 3 rings (SSSR count). The molecule has 4 heteroatoms. The van der Waals surface area contributed by atoms with Crippen LogP contribution in [0.2, 0.25) is 5.02 Å². The maximum atomic E-state index is 12.4. The number of rotatable bonds is 2. The van der Waals surface area contributed by atoms with Crippen molar-refractivity contribution in [1.82, 2.24) is 4.90 Å². The molecule has 1 fully saturated rings. The lowest BCUT2D eigenvalue weighted by atomic mass is 10.0. The minimum atomic E-state index is -0.0626. The summed E-state index contributed by atoms with van der Waals surface area (Å²) >= 11 is 6.24. The molecule has 19 heavy (non-hydrogen) atoms. The average Bonchev–Trinajstić information content (AvgIpc) is 3.10. The van der Waals surface area contributed by atoms with Crippen LogP contribution < -0.4 is 0 Å². The van der Waals surface area contributed by atoms with Crippen LogP contribution >= 0.6 is 11.6 Å². The molecule has 0 aliphatic carbocycles. The Labute approximate surface area is 116 Å². The Bertz CT molecular complexity index is 580. The van der Waals surface area contributed by atoms with E-state index in [1.165, 1.54) is 6.26 Å². The molecule has 1 aromatic carbocycles. The minimum absolute atomic E-state index is 0.0475. The van der Waals surface area contributed by atoms with Crippen molar-refractivity contribution in [3.8, 4) is 0 Å². The van der Waals surface area contributed by atoms with Crippen molar-refractivity contribution >= 4 is 17.5 Å². The Hall–Kier alpha value is -1.74. The molecule has 1 aliphatic heterocycles. The monoisotopic (exact) mass is 275 g/mol. The summed E-state index contributed by atoms with van der Waals surface area (Å²) < 4.78 is 5.20. The number of furan rings is 1. The Morgan fingerprint density at radius 2 is 2.11 bits per heavy atom. The number of nitrogens with zero attached hydrogens (tertiary/aromatic N) is 1. The highest BCUT2D eigenvalue weighted by molar-refractivity contribution is 6.31. The lowest BCUT2D eigenvalue weighted by Gasteiger charge is -2.24. The van der Waals surface area contributed by atoms with Crippen LogP contribution in [0.15, 0.2) is 47.1 Å². The third kappa shape index (κ3) is 2.26. The maximum Gasteiger partial charge on any atom is 0.290 e. The van der Waals surface area contributed by atoms with Crippen molar-refractivity contribution in [2.75, 3.05) is 6.54 Å². The van der Waals surface area contributed by atoms with Crippen LogP contribution in [0.25, 0.3) is 0 Å². The van der Waals surface area contributed by atoms with Gasteiger partial charge in [0.2, 0.25) is 0 Å². The number of benzene rings is 1. The Morgan fingerprint density at radius 1 is 1.26 bits per heavy atom. The molecule has 1 amide bonds. The molecule has 2 heterocycles. The van der Waals surface area contributed by atoms with Crippen molar-refractivity contribution in [2.45, 2.75) is 18.9 Å². The molecule has 0 saturated carbocycles. The number of amides is 1. The smallest absolute Gasteiger partial charge is 0.290 e. The predicted molar refractivity (Wildman–Crippen MR) is 73.2 cm³/mol. The summed E-state index contributed by atoms with van der Waals surface area (Å²) in [4.78, 5) is 14.2. The fraction of sp³-hybridized carbons (Fsp3) is 0.267. The van der Waals surface area contributed by atoms with E-state index in [0.29, 0.717) is 10.8 Å². The first-order valence-corrected chi connectivity index (χ1v) is 6.74. The Kier molecular flexibility index (Phi) is 3.30. The van der Waals surface area contributed by atoms with Crippen molar-refractivity contribution in [2.24, 2.45) is 0 Å². The third-order valence-corrected chi connectivity index (χ3v) is 3.85. The van der Waals surface area contributed by atoms with Crippen molar-refractivity contribution in [3.63, 3.8) is 0 Å². The van der Waals surface area contributed by atoms with E-state index in [9.17, 15) is 4.79 Å². The van der Waals surface area contributed by atoms with Crippen LogP contribution in [0.1, 0.15) is 35.0 Å². The lowest BCUT2D eigenvalue weighted by molar-refractivity contribution is 0.0703. The molecule has 98 valence electrons. The molecule has 0 spiro atoms. The first kappa shape index (κ1) is 12.3. The number of carbonyl (C=O) groups is 1. The zero-order chi connectivity index (χ0) is 13.2. The van der Waals surface area contributed by atoms with E-state index < -0.39 is 0 Å². The molecule has 1 saturated heterocycles. The SMILES string of the molecule is O=C(c1ccco1)N1CCC[C@H]1c1ccccc1Cl. The molecule has 2 aromatic rings. The van der Waals surface area contributed by atoms with E-state index in [-0.39, 0.29) is 11.9 Å². The zero-order valence-electron chi connectivity index (χ0n) is 10.4. The predicted octanol–water partition coefficient (Wildman–Crippen LogP) is 3.91. The zero-order valence-corrected chi connectivity index (χ0v) is 11.1. The molecule has 1 aromatic heterocycles. The van der Waals surface area contributed by atoms with E-state index in [4.69, 9.17) is 16.0 Å². The van der Waals surface area contributed by atoms with Crippen molar-refractivity contribution in [1.29, 1.82) is 0 Å². The Balaban J connectivity index is 1.90. The van der Waals surface area contributed by atoms with E-state index in [1.807, 2.05) is 29.2 Å². The second-order valence-electron chi connectivity index (χ2n) is 4.66. The van der Waals surface area contributed by atoms with Gasteiger partial charge in [-0.3, -0.25) is 4.79 Å². The van der Waals surface area contributed by atoms with E-state index in [2.05, 4.69) is 0 Å². The molecular weight excluding hydrogens is 262 g/mol. The summed E-state index contributed by atoms with van der Waals surface area (Å²) in [6.07, 6.45) is 3.45. The van der Waals surface area contributed by atoms with E-state index in [0.717, 1.165) is 24.9 Å². The number of carbonyl (C=O) groups excluding carboxylic acids is 1. The summed E-state index contributed by atoms with van der Waals surface area (Å²) in [5, 5.41) is 0.714. The fourth-order valence-corrected chi connectivity index (χ4v) is 2.88.